The fourth-order valence-electron chi connectivity index (χ4n) is 7.83. The van der Waals surface area contributed by atoms with Crippen molar-refractivity contribution in [2.24, 2.45) is 28.1 Å². The summed E-state index contributed by atoms with van der Waals surface area (Å²) in [6.45, 7) is 9.56. The Kier molecular flexibility index (Phi) is 5.24. The minimum Gasteiger partial charge on any atom is -0.472 e. The monoisotopic (exact) mass is 484 g/mol. The van der Waals surface area contributed by atoms with Gasteiger partial charge in [-0.25, -0.2) is 9.59 Å². The SMILES string of the molecule is COC(=O)C=CC1(C)C(=C(C)C)C(=O)C(O)C2C1CC1OC3C(=O)OC(c4ccoc4)C1(C)C32C. The molecule has 2 saturated heterocycles. The van der Waals surface area contributed by atoms with E-state index in [1.165, 1.54) is 19.4 Å². The number of hydrogen-bond donors (Lipinski definition) is 1. The van der Waals surface area contributed by atoms with Crippen LogP contribution in [0.1, 0.15) is 52.7 Å². The number of methoxy groups -OCH3 is 1. The number of rotatable bonds is 3. The predicted octanol–water partition coefficient (Wildman–Crippen LogP) is 3.31. The molecular weight excluding hydrogens is 452 g/mol. The van der Waals surface area contributed by atoms with Gasteiger partial charge in [0.05, 0.1) is 25.7 Å². The molecule has 4 aliphatic rings. The quantitative estimate of drug-likeness (QED) is 0.514. The van der Waals surface area contributed by atoms with Gasteiger partial charge < -0.3 is 23.7 Å². The zero-order valence-corrected chi connectivity index (χ0v) is 20.9. The maximum atomic E-state index is 13.8. The zero-order chi connectivity index (χ0) is 25.5. The fraction of sp³-hybridized carbons (Fsp3) is 0.593. The first-order valence-corrected chi connectivity index (χ1v) is 12.0. The number of carbonyl (C=O) groups excluding carboxylic acids is 3. The molecule has 35 heavy (non-hydrogen) atoms. The number of cyclic esters (lactones) is 1. The van der Waals surface area contributed by atoms with Crippen LogP contribution in [0.4, 0.5) is 0 Å². The number of aliphatic hydroxyl groups excluding tert-OH is 1. The van der Waals surface area contributed by atoms with Gasteiger partial charge >= 0.3 is 11.9 Å². The molecular formula is C27H32O8. The largest absolute Gasteiger partial charge is 0.472 e. The fourth-order valence-corrected chi connectivity index (χ4v) is 7.83. The second kappa shape index (κ2) is 7.64. The first-order chi connectivity index (χ1) is 16.4. The average molecular weight is 485 g/mol. The van der Waals surface area contributed by atoms with Gasteiger partial charge in [-0.05, 0) is 32.3 Å². The van der Waals surface area contributed by atoms with Crippen LogP contribution in [0.2, 0.25) is 0 Å². The van der Waals surface area contributed by atoms with Crippen LogP contribution >= 0.6 is 0 Å². The molecule has 4 fully saturated rings. The minimum atomic E-state index is -1.32. The number of fused-ring (bicyclic) bond motifs is 1. The molecule has 8 heteroatoms. The van der Waals surface area contributed by atoms with E-state index in [-0.39, 0.29) is 17.8 Å². The van der Waals surface area contributed by atoms with Crippen LogP contribution < -0.4 is 0 Å². The Labute approximate surface area is 204 Å². The first kappa shape index (κ1) is 24.0. The number of aliphatic hydroxyl groups is 1. The van der Waals surface area contributed by atoms with E-state index in [0.29, 0.717) is 12.0 Å². The van der Waals surface area contributed by atoms with Crippen LogP contribution in [-0.4, -0.2) is 48.3 Å². The van der Waals surface area contributed by atoms with E-state index >= 15 is 0 Å². The highest BCUT2D eigenvalue weighted by Crippen LogP contribution is 2.74. The highest BCUT2D eigenvalue weighted by molar-refractivity contribution is 6.02. The molecule has 1 N–H and O–H groups in total. The van der Waals surface area contributed by atoms with Crippen molar-refractivity contribution in [3.63, 3.8) is 0 Å². The Balaban J connectivity index is 1.71. The molecule has 4 bridgehead atoms. The lowest BCUT2D eigenvalue weighted by atomic mass is 9.39. The lowest BCUT2D eigenvalue weighted by molar-refractivity contribution is -0.220. The van der Waals surface area contributed by atoms with Gasteiger partial charge in [0.2, 0.25) is 0 Å². The summed E-state index contributed by atoms with van der Waals surface area (Å²) in [6.07, 6.45) is 3.37. The number of carbonyl (C=O) groups is 3. The Hall–Kier alpha value is -2.71. The van der Waals surface area contributed by atoms with Gasteiger partial charge in [-0.15, -0.1) is 0 Å². The van der Waals surface area contributed by atoms with Gasteiger partial charge in [0.1, 0.15) is 12.2 Å². The summed E-state index contributed by atoms with van der Waals surface area (Å²) in [4.78, 5) is 39.1. The van der Waals surface area contributed by atoms with Crippen LogP contribution in [0, 0.1) is 28.1 Å². The Morgan fingerprint density at radius 3 is 2.49 bits per heavy atom. The summed E-state index contributed by atoms with van der Waals surface area (Å²) in [5.74, 6) is -2.29. The number of ketones is 1. The topological polar surface area (TPSA) is 112 Å². The van der Waals surface area contributed by atoms with Gasteiger partial charge in [0, 0.05) is 39.4 Å². The molecule has 2 aliphatic heterocycles. The van der Waals surface area contributed by atoms with E-state index < -0.39 is 52.4 Å². The van der Waals surface area contributed by atoms with Gasteiger partial charge in [-0.2, -0.15) is 0 Å². The molecule has 0 radical (unpaired) electrons. The van der Waals surface area contributed by atoms with Crippen molar-refractivity contribution in [1.82, 2.24) is 0 Å². The van der Waals surface area contributed by atoms with Crippen molar-refractivity contribution in [1.29, 1.82) is 0 Å². The molecule has 8 nitrogen and oxygen atoms in total. The minimum absolute atomic E-state index is 0.273. The Morgan fingerprint density at radius 2 is 1.89 bits per heavy atom. The number of esters is 2. The van der Waals surface area contributed by atoms with Crippen molar-refractivity contribution in [3.8, 4) is 0 Å². The van der Waals surface area contributed by atoms with Crippen molar-refractivity contribution in [2.75, 3.05) is 7.11 Å². The molecule has 188 valence electrons. The van der Waals surface area contributed by atoms with Crippen molar-refractivity contribution in [3.05, 3.63) is 47.5 Å². The number of hydrogen-bond acceptors (Lipinski definition) is 8. The summed E-state index contributed by atoms with van der Waals surface area (Å²) >= 11 is 0. The summed E-state index contributed by atoms with van der Waals surface area (Å²) in [6, 6.07) is 1.77. The molecule has 9 unspecified atom stereocenters. The maximum absolute atomic E-state index is 13.8. The maximum Gasteiger partial charge on any atom is 0.336 e. The molecule has 2 saturated carbocycles. The molecule has 9 atom stereocenters. The van der Waals surface area contributed by atoms with Gasteiger partial charge in [-0.1, -0.05) is 32.4 Å². The van der Waals surface area contributed by atoms with Crippen LogP contribution in [0.3, 0.4) is 0 Å². The van der Waals surface area contributed by atoms with Gasteiger partial charge in [0.15, 0.2) is 11.9 Å². The van der Waals surface area contributed by atoms with Crippen molar-refractivity contribution < 1.29 is 38.1 Å². The number of ether oxygens (including phenoxy) is 3. The van der Waals surface area contributed by atoms with Crippen molar-refractivity contribution in [2.45, 2.75) is 65.5 Å². The standard InChI is InChI=1S/C27H32O8/c1-13(2)18-20(29)21(30)19-15(25(18,3)9-7-17(28)32-6)11-16-26(4)22(14-8-10-33-12-14)35-24(31)23(34-16)27(19,26)5/h7-10,12,15-16,19,21-23,30H,11H2,1-6H3. The molecule has 5 rings (SSSR count). The molecule has 3 heterocycles. The van der Waals surface area contributed by atoms with Crippen LogP contribution in [-0.2, 0) is 28.6 Å². The first-order valence-electron chi connectivity index (χ1n) is 12.0. The second-order valence-electron chi connectivity index (χ2n) is 11.1. The lowest BCUT2D eigenvalue weighted by Crippen LogP contribution is -2.68. The van der Waals surface area contributed by atoms with E-state index in [1.54, 1.807) is 18.4 Å². The molecule has 2 aliphatic carbocycles. The van der Waals surface area contributed by atoms with Crippen molar-refractivity contribution >= 4 is 17.7 Å². The number of furan rings is 1. The molecule has 1 aromatic heterocycles. The third kappa shape index (κ3) is 2.84. The summed E-state index contributed by atoms with van der Waals surface area (Å²) in [5, 5.41) is 11.6. The number of allylic oxidation sites excluding steroid dienone is 2. The van der Waals surface area contributed by atoms with E-state index in [9.17, 15) is 19.5 Å². The highest BCUT2D eigenvalue weighted by Gasteiger charge is 2.79. The van der Waals surface area contributed by atoms with E-state index in [2.05, 4.69) is 0 Å². The smallest absolute Gasteiger partial charge is 0.336 e. The predicted molar refractivity (Wildman–Crippen MR) is 123 cm³/mol. The second-order valence-corrected chi connectivity index (χ2v) is 11.1. The molecule has 0 aromatic carbocycles. The van der Waals surface area contributed by atoms with E-state index in [4.69, 9.17) is 18.6 Å². The number of Topliss-reactive ketones (excluding diaryl/α,β-unsaturated/α-hetero) is 1. The Bertz CT molecular complexity index is 1140. The molecule has 1 aromatic rings. The van der Waals surface area contributed by atoms with E-state index in [1.807, 2.05) is 34.6 Å². The average Bonchev–Trinajstić information content (AvgIpc) is 3.33. The lowest BCUT2D eigenvalue weighted by Gasteiger charge is -2.63. The van der Waals surface area contributed by atoms with Gasteiger partial charge in [-0.3, -0.25) is 4.79 Å². The van der Waals surface area contributed by atoms with Gasteiger partial charge in [0.25, 0.3) is 0 Å². The van der Waals surface area contributed by atoms with Crippen LogP contribution in [0.5, 0.6) is 0 Å². The summed E-state index contributed by atoms with van der Waals surface area (Å²) in [7, 11) is 1.30. The summed E-state index contributed by atoms with van der Waals surface area (Å²) < 4.78 is 22.4. The Morgan fingerprint density at radius 1 is 1.17 bits per heavy atom. The third-order valence-electron chi connectivity index (χ3n) is 9.54. The van der Waals surface area contributed by atoms with Crippen LogP contribution in [0.25, 0.3) is 0 Å². The third-order valence-corrected chi connectivity index (χ3v) is 9.54. The highest BCUT2D eigenvalue weighted by atomic mass is 16.6. The van der Waals surface area contributed by atoms with E-state index in [0.717, 1.165) is 11.1 Å². The van der Waals surface area contributed by atoms with Crippen LogP contribution in [0.15, 0.2) is 46.3 Å². The molecule has 0 spiro atoms. The normalized spacial score (nSPS) is 44.3. The molecule has 0 amide bonds. The zero-order valence-electron chi connectivity index (χ0n) is 20.9. The summed E-state index contributed by atoms with van der Waals surface area (Å²) in [5.41, 5.74) is -0.527.